The van der Waals surface area contributed by atoms with E-state index in [2.05, 4.69) is 39.0 Å². The fraction of sp³-hybridized carbons (Fsp3) is 0.429. The van der Waals surface area contributed by atoms with Crippen molar-refractivity contribution in [3.05, 3.63) is 53.6 Å². The molecule has 3 heteroatoms. The van der Waals surface area contributed by atoms with E-state index in [0.29, 0.717) is 10.8 Å². The summed E-state index contributed by atoms with van der Waals surface area (Å²) in [6, 6.07) is 14.0. The van der Waals surface area contributed by atoms with Gasteiger partial charge in [-0.2, -0.15) is 0 Å². The summed E-state index contributed by atoms with van der Waals surface area (Å²) in [4.78, 5) is 0.383. The Labute approximate surface area is 146 Å². The molecule has 130 valence electrons. The third kappa shape index (κ3) is 4.27. The number of hydrogen-bond acceptors (Lipinski definition) is 2. The molecule has 0 unspecified atom stereocenters. The summed E-state index contributed by atoms with van der Waals surface area (Å²) >= 11 is 0. The van der Waals surface area contributed by atoms with Gasteiger partial charge in [0.05, 0.1) is 4.90 Å². The third-order valence-electron chi connectivity index (χ3n) is 4.65. The summed E-state index contributed by atoms with van der Waals surface area (Å²) in [6.45, 7) is 6.63. The van der Waals surface area contributed by atoms with Gasteiger partial charge in [0.1, 0.15) is 0 Å². The fourth-order valence-corrected chi connectivity index (χ4v) is 3.95. The van der Waals surface area contributed by atoms with Crippen molar-refractivity contribution < 1.29 is 8.42 Å². The van der Waals surface area contributed by atoms with Gasteiger partial charge < -0.3 is 0 Å². The highest BCUT2D eigenvalue weighted by molar-refractivity contribution is 7.90. The molecule has 0 saturated heterocycles. The fourth-order valence-electron chi connectivity index (χ4n) is 3.28. The first-order valence-corrected chi connectivity index (χ1v) is 10.7. The smallest absolute Gasteiger partial charge is 0.175 e. The van der Waals surface area contributed by atoms with Crippen LogP contribution in [0.5, 0.6) is 0 Å². The van der Waals surface area contributed by atoms with Crippen LogP contribution in [0.1, 0.15) is 57.1 Å². The second kappa shape index (κ2) is 7.98. The second-order valence-electron chi connectivity index (χ2n) is 6.49. The van der Waals surface area contributed by atoms with Crippen molar-refractivity contribution in [3.63, 3.8) is 0 Å². The highest BCUT2D eigenvalue weighted by Gasteiger charge is 2.16. The summed E-state index contributed by atoms with van der Waals surface area (Å²) in [5.74, 6) is 0.499. The van der Waals surface area contributed by atoms with E-state index in [1.165, 1.54) is 17.4 Å². The van der Waals surface area contributed by atoms with Crippen molar-refractivity contribution in [1.82, 2.24) is 0 Å². The lowest BCUT2D eigenvalue weighted by molar-refractivity contribution is 0.602. The van der Waals surface area contributed by atoms with Crippen LogP contribution in [0, 0.1) is 0 Å². The number of aryl methyl sites for hydroxylation is 1. The Hall–Kier alpha value is -1.61. The lowest BCUT2D eigenvalue weighted by Crippen LogP contribution is -2.02. The van der Waals surface area contributed by atoms with E-state index in [9.17, 15) is 8.42 Å². The summed E-state index contributed by atoms with van der Waals surface area (Å²) in [6.07, 6.45) is 5.65. The van der Waals surface area contributed by atoms with E-state index in [-0.39, 0.29) is 0 Å². The average Bonchev–Trinajstić information content (AvgIpc) is 2.56. The monoisotopic (exact) mass is 344 g/mol. The van der Waals surface area contributed by atoms with E-state index >= 15 is 0 Å². The van der Waals surface area contributed by atoms with Gasteiger partial charge >= 0.3 is 0 Å². The number of rotatable bonds is 7. The van der Waals surface area contributed by atoms with Crippen LogP contribution in [0.3, 0.4) is 0 Å². The van der Waals surface area contributed by atoms with Gasteiger partial charge in [0.2, 0.25) is 0 Å². The summed E-state index contributed by atoms with van der Waals surface area (Å²) in [5.41, 5.74) is 4.86. The Morgan fingerprint density at radius 1 is 0.958 bits per heavy atom. The van der Waals surface area contributed by atoms with E-state index in [0.717, 1.165) is 36.8 Å². The Morgan fingerprint density at radius 2 is 1.67 bits per heavy atom. The number of benzene rings is 2. The minimum atomic E-state index is -3.19. The third-order valence-corrected chi connectivity index (χ3v) is 5.76. The van der Waals surface area contributed by atoms with Crippen molar-refractivity contribution in [3.8, 4) is 11.1 Å². The van der Waals surface area contributed by atoms with Crippen molar-refractivity contribution in [2.45, 2.75) is 57.3 Å². The van der Waals surface area contributed by atoms with Crippen LogP contribution < -0.4 is 0 Å². The molecule has 0 aromatic heterocycles. The second-order valence-corrected chi connectivity index (χ2v) is 8.50. The van der Waals surface area contributed by atoms with Gasteiger partial charge in [-0.3, -0.25) is 0 Å². The minimum absolute atomic E-state index is 0.383. The van der Waals surface area contributed by atoms with Gasteiger partial charge in [-0.05, 0) is 59.6 Å². The van der Waals surface area contributed by atoms with Gasteiger partial charge in [0.15, 0.2) is 9.84 Å². The molecule has 0 spiro atoms. The molecule has 2 aromatic carbocycles. The van der Waals surface area contributed by atoms with Gasteiger partial charge in [0.25, 0.3) is 0 Å². The average molecular weight is 345 g/mol. The Morgan fingerprint density at radius 3 is 2.25 bits per heavy atom. The highest BCUT2D eigenvalue weighted by Crippen LogP contribution is 2.35. The quantitative estimate of drug-likeness (QED) is 0.654. The van der Waals surface area contributed by atoms with Crippen LogP contribution in [-0.2, 0) is 16.3 Å². The van der Waals surface area contributed by atoms with Gasteiger partial charge in [0, 0.05) is 6.26 Å². The zero-order chi connectivity index (χ0) is 17.7. The molecule has 0 bridgehead atoms. The normalized spacial score (nSPS) is 11.9. The van der Waals surface area contributed by atoms with Crippen molar-refractivity contribution in [2.75, 3.05) is 6.26 Å². The van der Waals surface area contributed by atoms with E-state index in [4.69, 9.17) is 0 Å². The van der Waals surface area contributed by atoms with Crippen molar-refractivity contribution in [2.24, 2.45) is 0 Å². The largest absolute Gasteiger partial charge is 0.224 e. The molecule has 0 aliphatic rings. The molecule has 0 saturated carbocycles. The van der Waals surface area contributed by atoms with Crippen LogP contribution in [0.4, 0.5) is 0 Å². The first-order valence-electron chi connectivity index (χ1n) is 8.84. The lowest BCUT2D eigenvalue weighted by Gasteiger charge is -2.19. The predicted octanol–water partition coefficient (Wildman–Crippen LogP) is 5.61. The summed E-state index contributed by atoms with van der Waals surface area (Å²) < 4.78 is 23.8. The Kier molecular flexibility index (Phi) is 6.22. The van der Waals surface area contributed by atoms with Crippen LogP contribution in [0.2, 0.25) is 0 Å². The van der Waals surface area contributed by atoms with E-state index in [1.807, 2.05) is 12.1 Å². The van der Waals surface area contributed by atoms with E-state index < -0.39 is 9.84 Å². The van der Waals surface area contributed by atoms with Crippen molar-refractivity contribution >= 4 is 9.84 Å². The Bertz CT molecular complexity index is 787. The Balaban J connectivity index is 2.61. The highest BCUT2D eigenvalue weighted by atomic mass is 32.2. The zero-order valence-corrected chi connectivity index (χ0v) is 16.0. The summed E-state index contributed by atoms with van der Waals surface area (Å²) in [7, 11) is -3.19. The van der Waals surface area contributed by atoms with Crippen LogP contribution >= 0.6 is 0 Å². The molecular formula is C21H28O2S. The molecule has 0 heterocycles. The lowest BCUT2D eigenvalue weighted by atomic mass is 9.85. The van der Waals surface area contributed by atoms with Crippen LogP contribution in [0.15, 0.2) is 47.4 Å². The maximum absolute atomic E-state index is 11.9. The number of sulfone groups is 1. The predicted molar refractivity (Wildman–Crippen MR) is 102 cm³/mol. The molecule has 0 fully saturated rings. The molecular weight excluding hydrogens is 316 g/mol. The molecule has 24 heavy (non-hydrogen) atoms. The maximum atomic E-state index is 11.9. The first kappa shape index (κ1) is 18.7. The van der Waals surface area contributed by atoms with Crippen LogP contribution in [-0.4, -0.2) is 14.7 Å². The molecule has 0 radical (unpaired) electrons. The van der Waals surface area contributed by atoms with Crippen LogP contribution in [0.25, 0.3) is 11.1 Å². The zero-order valence-electron chi connectivity index (χ0n) is 15.2. The standard InChI is InChI=1S/C21H28O2S/c1-5-9-16-12-13-20(21(14-16)17(6-2)7-3)18-10-8-11-19(15-18)24(4,22)23/h8,10-15,17H,5-7,9H2,1-4H3. The molecule has 2 aromatic rings. The van der Waals surface area contributed by atoms with E-state index in [1.54, 1.807) is 12.1 Å². The minimum Gasteiger partial charge on any atom is -0.224 e. The molecule has 0 N–H and O–H groups in total. The molecule has 0 aliphatic heterocycles. The maximum Gasteiger partial charge on any atom is 0.175 e. The summed E-state index contributed by atoms with van der Waals surface area (Å²) in [5, 5.41) is 0. The van der Waals surface area contributed by atoms with Gasteiger partial charge in [-0.25, -0.2) is 8.42 Å². The van der Waals surface area contributed by atoms with Gasteiger partial charge in [-0.15, -0.1) is 0 Å². The van der Waals surface area contributed by atoms with Gasteiger partial charge in [-0.1, -0.05) is 57.5 Å². The van der Waals surface area contributed by atoms with Crippen molar-refractivity contribution in [1.29, 1.82) is 0 Å². The molecule has 2 nitrogen and oxygen atoms in total. The SMILES string of the molecule is CCCc1ccc(-c2cccc(S(C)(=O)=O)c2)c(C(CC)CC)c1. The first-order chi connectivity index (χ1) is 11.4. The topological polar surface area (TPSA) is 34.1 Å². The molecule has 0 atom stereocenters. The molecule has 2 rings (SSSR count). The molecule has 0 amide bonds. The number of hydrogen-bond donors (Lipinski definition) is 0. The molecule has 0 aliphatic carbocycles.